The van der Waals surface area contributed by atoms with Gasteiger partial charge in [0.1, 0.15) is 18.0 Å². The van der Waals surface area contributed by atoms with Gasteiger partial charge in [-0.2, -0.15) is 0 Å². The molecule has 1 aliphatic heterocycles. The molecule has 0 radical (unpaired) electrons. The Morgan fingerprint density at radius 3 is 2.50 bits per heavy atom. The van der Waals surface area contributed by atoms with E-state index < -0.39 is 42.1 Å². The molecule has 8 nitrogen and oxygen atoms in total. The van der Waals surface area contributed by atoms with Crippen LogP contribution in [0.1, 0.15) is 106 Å². The SMILES string of the molecule is C=C(CC[C@@H](C)[C@H]1CC[C@@H]([C@@H]2CC=C3C[C@@H](O[C@@H]4O[C@@H](C)[C@@H](O)[C@@H](OC(C)=O)[C@@H]4O)CC[C@]3(C)C2=O)[C@]1(C)CCO)C(C)C. The number of fused-ring (bicyclic) bond motifs is 1. The molecule has 0 aromatic rings. The average Bonchev–Trinajstić information content (AvgIpc) is 3.29. The largest absolute Gasteiger partial charge is 0.457 e. The summed E-state index contributed by atoms with van der Waals surface area (Å²) in [5.41, 5.74) is 1.73. The standard InChI is InChI=1S/C36H58O8/c1-20(2)21(3)9-10-22(4)28-13-14-29(36(28,8)17-18-37)27-12-11-25-19-26(15-16-35(25,7)33(27)41)44-34-31(40)32(43-24(6)38)30(39)23(5)42-34/h11,20,22-23,26-32,34,37,39-40H,3,9-10,12-19H2,1-2,4-8H3/t22-,23+,26+,27+,28-,29+,30-,31+,32-,34+,35+,36-/m1/s1. The maximum absolute atomic E-state index is 14.4. The number of hydrogen-bond acceptors (Lipinski definition) is 8. The fourth-order valence-corrected chi connectivity index (χ4v) is 9.05. The molecule has 44 heavy (non-hydrogen) atoms. The minimum Gasteiger partial charge on any atom is -0.457 e. The summed E-state index contributed by atoms with van der Waals surface area (Å²) in [7, 11) is 0. The van der Waals surface area contributed by atoms with E-state index >= 15 is 0 Å². The monoisotopic (exact) mass is 618 g/mol. The molecule has 4 aliphatic rings. The summed E-state index contributed by atoms with van der Waals surface area (Å²) in [6, 6.07) is 0. The smallest absolute Gasteiger partial charge is 0.303 e. The maximum Gasteiger partial charge on any atom is 0.303 e. The number of esters is 1. The molecule has 3 N–H and O–H groups in total. The van der Waals surface area contributed by atoms with Crippen molar-refractivity contribution in [2.24, 2.45) is 40.4 Å². The number of aliphatic hydroxyl groups excluding tert-OH is 3. The van der Waals surface area contributed by atoms with Crippen LogP contribution in [0.25, 0.3) is 0 Å². The quantitative estimate of drug-likeness (QED) is 0.204. The van der Waals surface area contributed by atoms with Gasteiger partial charge in [0, 0.05) is 24.9 Å². The first-order chi connectivity index (χ1) is 20.6. The molecule has 0 spiro atoms. The third-order valence-electron chi connectivity index (χ3n) is 12.1. The second kappa shape index (κ2) is 14.0. The van der Waals surface area contributed by atoms with Gasteiger partial charge < -0.3 is 29.5 Å². The Morgan fingerprint density at radius 2 is 1.86 bits per heavy atom. The van der Waals surface area contributed by atoms with Gasteiger partial charge in [0.2, 0.25) is 0 Å². The van der Waals surface area contributed by atoms with Crippen LogP contribution in [0.3, 0.4) is 0 Å². The number of Topliss-reactive ketones (excluding diaryl/α,β-unsaturated/α-hetero) is 1. The number of rotatable bonds is 11. The number of carbonyl (C=O) groups is 2. The van der Waals surface area contributed by atoms with Gasteiger partial charge in [-0.1, -0.05) is 51.5 Å². The van der Waals surface area contributed by atoms with E-state index in [1.807, 2.05) is 0 Å². The van der Waals surface area contributed by atoms with Crippen molar-refractivity contribution >= 4 is 11.8 Å². The summed E-state index contributed by atoms with van der Waals surface area (Å²) in [5.74, 6) is 1.36. The maximum atomic E-state index is 14.4. The van der Waals surface area contributed by atoms with E-state index in [-0.39, 0.29) is 30.0 Å². The fourth-order valence-electron chi connectivity index (χ4n) is 9.05. The van der Waals surface area contributed by atoms with Crippen molar-refractivity contribution in [2.75, 3.05) is 6.61 Å². The topological polar surface area (TPSA) is 123 Å². The van der Waals surface area contributed by atoms with Crippen LogP contribution < -0.4 is 0 Å². The Hall–Kier alpha value is -1.58. The van der Waals surface area contributed by atoms with Crippen LogP contribution in [0.5, 0.6) is 0 Å². The third kappa shape index (κ3) is 6.90. The van der Waals surface area contributed by atoms with E-state index in [1.54, 1.807) is 6.92 Å². The summed E-state index contributed by atoms with van der Waals surface area (Å²) < 4.78 is 17.2. The Kier molecular flexibility index (Phi) is 11.3. The number of hydrogen-bond donors (Lipinski definition) is 3. The first-order valence-electron chi connectivity index (χ1n) is 17.0. The van der Waals surface area contributed by atoms with Crippen LogP contribution in [0.4, 0.5) is 0 Å². The average molecular weight is 619 g/mol. The lowest BCUT2D eigenvalue weighted by atomic mass is 9.55. The van der Waals surface area contributed by atoms with E-state index in [1.165, 1.54) is 12.5 Å². The summed E-state index contributed by atoms with van der Waals surface area (Å²) in [6.07, 6.45) is 4.14. The van der Waals surface area contributed by atoms with Crippen LogP contribution in [0, 0.1) is 40.4 Å². The van der Waals surface area contributed by atoms with Crippen molar-refractivity contribution in [3.8, 4) is 0 Å². The molecule has 0 aromatic carbocycles. The zero-order valence-electron chi connectivity index (χ0n) is 28.1. The van der Waals surface area contributed by atoms with Crippen LogP contribution in [0.2, 0.25) is 0 Å². The molecular weight excluding hydrogens is 560 g/mol. The summed E-state index contributed by atoms with van der Waals surface area (Å²) in [5, 5.41) is 31.4. The van der Waals surface area contributed by atoms with Crippen LogP contribution in [-0.2, 0) is 23.8 Å². The number of ether oxygens (including phenoxy) is 3. The van der Waals surface area contributed by atoms with Crippen LogP contribution in [-0.4, -0.2) is 70.5 Å². The highest BCUT2D eigenvalue weighted by atomic mass is 16.7. The molecule has 4 rings (SSSR count). The Labute approximate surface area is 264 Å². The third-order valence-corrected chi connectivity index (χ3v) is 12.1. The fraction of sp³-hybridized carbons (Fsp3) is 0.833. The molecule has 3 aliphatic carbocycles. The molecule has 0 bridgehead atoms. The predicted octanol–water partition coefficient (Wildman–Crippen LogP) is 5.52. The van der Waals surface area contributed by atoms with Crippen molar-refractivity contribution in [3.05, 3.63) is 23.8 Å². The normalized spacial score (nSPS) is 41.7. The Morgan fingerprint density at radius 1 is 1.16 bits per heavy atom. The first-order valence-corrected chi connectivity index (χ1v) is 17.0. The second-order valence-electron chi connectivity index (χ2n) is 15.1. The zero-order chi connectivity index (χ0) is 32.6. The molecule has 8 heteroatoms. The minimum absolute atomic E-state index is 0.0593. The lowest BCUT2D eigenvalue weighted by molar-refractivity contribution is -0.307. The highest BCUT2D eigenvalue weighted by Gasteiger charge is 2.56. The lowest BCUT2D eigenvalue weighted by Gasteiger charge is -2.49. The summed E-state index contributed by atoms with van der Waals surface area (Å²) in [4.78, 5) is 26.0. The van der Waals surface area contributed by atoms with Crippen LogP contribution in [0.15, 0.2) is 23.8 Å². The second-order valence-corrected chi connectivity index (χ2v) is 15.1. The van der Waals surface area contributed by atoms with E-state index in [9.17, 15) is 24.9 Å². The van der Waals surface area contributed by atoms with E-state index in [2.05, 4.69) is 47.3 Å². The number of allylic oxidation sites excluding steroid dienone is 2. The Balaban J connectivity index is 1.46. The Bertz CT molecular complexity index is 1080. The van der Waals surface area contributed by atoms with Gasteiger partial charge in [-0.05, 0) is 101 Å². The van der Waals surface area contributed by atoms with Crippen molar-refractivity contribution in [1.82, 2.24) is 0 Å². The first kappa shape index (κ1) is 35.3. The van der Waals surface area contributed by atoms with Crippen molar-refractivity contribution < 1.29 is 39.1 Å². The van der Waals surface area contributed by atoms with Gasteiger partial charge in [0.15, 0.2) is 12.4 Å². The van der Waals surface area contributed by atoms with Crippen molar-refractivity contribution in [1.29, 1.82) is 0 Å². The lowest BCUT2D eigenvalue weighted by Crippen LogP contribution is -2.59. The van der Waals surface area contributed by atoms with Gasteiger partial charge >= 0.3 is 5.97 Å². The highest BCUT2D eigenvalue weighted by Crippen LogP contribution is 2.60. The summed E-state index contributed by atoms with van der Waals surface area (Å²) >= 11 is 0. The van der Waals surface area contributed by atoms with Gasteiger partial charge in [0.05, 0.1) is 12.2 Å². The zero-order valence-corrected chi connectivity index (χ0v) is 28.1. The minimum atomic E-state index is -1.32. The number of carbonyl (C=O) groups excluding carboxylic acids is 2. The van der Waals surface area contributed by atoms with Gasteiger partial charge in [0.25, 0.3) is 0 Å². The number of aliphatic hydroxyl groups is 3. The molecule has 1 saturated heterocycles. The molecule has 0 amide bonds. The molecule has 250 valence electrons. The highest BCUT2D eigenvalue weighted by molar-refractivity contribution is 5.91. The molecule has 3 fully saturated rings. The van der Waals surface area contributed by atoms with Gasteiger partial charge in [-0.3, -0.25) is 9.59 Å². The molecule has 0 unspecified atom stereocenters. The predicted molar refractivity (Wildman–Crippen MR) is 168 cm³/mol. The van der Waals surface area contributed by atoms with Gasteiger partial charge in [-0.15, -0.1) is 0 Å². The summed E-state index contributed by atoms with van der Waals surface area (Å²) in [6.45, 7) is 18.5. The van der Waals surface area contributed by atoms with Crippen molar-refractivity contribution in [2.45, 2.75) is 143 Å². The molecule has 2 saturated carbocycles. The molecular formula is C36H58O8. The van der Waals surface area contributed by atoms with E-state index in [4.69, 9.17) is 14.2 Å². The molecule has 12 atom stereocenters. The number of ketones is 1. The molecule has 0 aromatic heterocycles. The van der Waals surface area contributed by atoms with Gasteiger partial charge in [-0.25, -0.2) is 0 Å². The van der Waals surface area contributed by atoms with Crippen molar-refractivity contribution in [3.63, 3.8) is 0 Å². The van der Waals surface area contributed by atoms with E-state index in [0.717, 1.165) is 37.7 Å². The van der Waals surface area contributed by atoms with E-state index in [0.29, 0.717) is 49.2 Å². The van der Waals surface area contributed by atoms with Crippen LogP contribution >= 0.6 is 0 Å². The molecule has 1 heterocycles.